The van der Waals surface area contributed by atoms with E-state index in [4.69, 9.17) is 0 Å². The number of nitrogens with one attached hydrogen (secondary N) is 1. The first-order chi connectivity index (χ1) is 12.0. The average Bonchev–Trinajstić information content (AvgIpc) is 2.57. The summed E-state index contributed by atoms with van der Waals surface area (Å²) in [6.45, 7) is -1.01. The molecule has 13 heteroatoms. The number of hydrogen-bond donors (Lipinski definition) is 1. The molecule has 1 aliphatic rings. The van der Waals surface area contributed by atoms with Crippen molar-refractivity contribution in [1.29, 1.82) is 0 Å². The predicted octanol–water partition coefficient (Wildman–Crippen LogP) is 4.20. The van der Waals surface area contributed by atoms with Crippen LogP contribution in [-0.2, 0) is 11.3 Å². The molecule has 0 aliphatic heterocycles. The average molecular weight is 415 g/mol. The molecule has 1 saturated carbocycles. The zero-order chi connectivity index (χ0) is 21.1. The minimum atomic E-state index is -7.34. The van der Waals surface area contributed by atoms with Crippen molar-refractivity contribution in [3.05, 3.63) is 35.9 Å². The van der Waals surface area contributed by atoms with E-state index in [1.807, 2.05) is 0 Å². The van der Waals surface area contributed by atoms with Gasteiger partial charge in [-0.05, 0) is 5.56 Å². The SMILES string of the molecule is O=C(NCc1ccccc1)C1(F)C(F)(F)C(F)(F)C(F)(F)C(F)(F)C1(F)F. The van der Waals surface area contributed by atoms with Gasteiger partial charge in [0, 0.05) is 6.54 Å². The normalized spacial score (nSPS) is 26.2. The predicted molar refractivity (Wildman–Crippen MR) is 66.9 cm³/mol. The number of halogens is 11. The molecule has 0 radical (unpaired) electrons. The summed E-state index contributed by atoms with van der Waals surface area (Å²) < 4.78 is 148. The first-order valence-electron chi connectivity index (χ1n) is 6.90. The lowest BCUT2D eigenvalue weighted by Gasteiger charge is -2.51. The fourth-order valence-electron chi connectivity index (χ4n) is 2.41. The van der Waals surface area contributed by atoms with E-state index in [9.17, 15) is 53.1 Å². The van der Waals surface area contributed by atoms with Crippen LogP contribution in [0, 0.1) is 0 Å². The number of alkyl halides is 11. The van der Waals surface area contributed by atoms with Crippen molar-refractivity contribution >= 4 is 5.91 Å². The molecule has 1 aromatic rings. The number of carbonyl (C=O) groups excluding carboxylic acids is 1. The van der Waals surface area contributed by atoms with Gasteiger partial charge in [0.25, 0.3) is 5.91 Å². The van der Waals surface area contributed by atoms with E-state index in [-0.39, 0.29) is 5.56 Å². The molecule has 0 heterocycles. The summed E-state index contributed by atoms with van der Waals surface area (Å²) in [7, 11) is 0. The molecule has 1 N–H and O–H groups in total. The Hall–Kier alpha value is -2.08. The Morgan fingerprint density at radius 1 is 0.667 bits per heavy atom. The molecule has 1 amide bonds. The van der Waals surface area contributed by atoms with Crippen molar-refractivity contribution in [2.45, 2.75) is 41.8 Å². The molecule has 1 fully saturated rings. The molecular formula is C14H8F11NO. The van der Waals surface area contributed by atoms with E-state index in [0.29, 0.717) is 0 Å². The second-order valence-electron chi connectivity index (χ2n) is 5.70. The molecule has 0 saturated heterocycles. The van der Waals surface area contributed by atoms with Crippen molar-refractivity contribution in [2.75, 3.05) is 0 Å². The van der Waals surface area contributed by atoms with E-state index in [1.165, 1.54) is 18.2 Å². The van der Waals surface area contributed by atoms with Crippen LogP contribution >= 0.6 is 0 Å². The monoisotopic (exact) mass is 415 g/mol. The zero-order valence-corrected chi connectivity index (χ0v) is 12.7. The van der Waals surface area contributed by atoms with Crippen molar-refractivity contribution in [3.63, 3.8) is 0 Å². The topological polar surface area (TPSA) is 29.1 Å². The Kier molecular flexibility index (Phi) is 4.49. The van der Waals surface area contributed by atoms with Crippen LogP contribution in [0.4, 0.5) is 48.3 Å². The lowest BCUT2D eigenvalue weighted by atomic mass is 9.71. The maximum absolute atomic E-state index is 14.4. The molecule has 0 spiro atoms. The van der Waals surface area contributed by atoms with Gasteiger partial charge in [0.05, 0.1) is 0 Å². The van der Waals surface area contributed by atoms with Gasteiger partial charge >= 0.3 is 35.3 Å². The minimum Gasteiger partial charge on any atom is -0.349 e. The second kappa shape index (κ2) is 5.71. The summed E-state index contributed by atoms with van der Waals surface area (Å²) in [6, 6.07) is 6.30. The minimum absolute atomic E-state index is 0.0410. The molecule has 0 atom stereocenters. The van der Waals surface area contributed by atoms with Crippen LogP contribution in [0.3, 0.4) is 0 Å². The van der Waals surface area contributed by atoms with Crippen molar-refractivity contribution in [1.82, 2.24) is 5.32 Å². The lowest BCUT2D eigenvalue weighted by Crippen LogP contribution is -2.86. The molecule has 0 bridgehead atoms. The van der Waals surface area contributed by atoms with Gasteiger partial charge in [0.15, 0.2) is 0 Å². The van der Waals surface area contributed by atoms with Crippen LogP contribution in [0.25, 0.3) is 0 Å². The van der Waals surface area contributed by atoms with Gasteiger partial charge in [-0.15, -0.1) is 0 Å². The largest absolute Gasteiger partial charge is 0.384 e. The smallest absolute Gasteiger partial charge is 0.349 e. The summed E-state index contributed by atoms with van der Waals surface area (Å²) >= 11 is 0. The van der Waals surface area contributed by atoms with Gasteiger partial charge in [-0.1, -0.05) is 30.3 Å². The molecule has 1 aromatic carbocycles. The first kappa shape index (κ1) is 21.2. The second-order valence-corrected chi connectivity index (χ2v) is 5.70. The number of rotatable bonds is 3. The van der Waals surface area contributed by atoms with Gasteiger partial charge in [-0.25, -0.2) is 4.39 Å². The number of carbonyl (C=O) groups is 1. The summed E-state index contributed by atoms with van der Waals surface area (Å²) in [5.74, 6) is -39.6. The third-order valence-corrected chi connectivity index (χ3v) is 4.05. The summed E-state index contributed by atoms with van der Waals surface area (Å²) in [4.78, 5) is 11.6. The summed E-state index contributed by atoms with van der Waals surface area (Å²) in [5, 5.41) is 1.04. The fourth-order valence-corrected chi connectivity index (χ4v) is 2.41. The molecule has 0 aromatic heterocycles. The Labute approximate surface area is 143 Å². The van der Waals surface area contributed by atoms with Crippen LogP contribution < -0.4 is 5.32 Å². The highest BCUT2D eigenvalue weighted by molar-refractivity contribution is 5.88. The van der Waals surface area contributed by atoms with E-state index in [2.05, 4.69) is 0 Å². The van der Waals surface area contributed by atoms with Crippen molar-refractivity contribution in [3.8, 4) is 0 Å². The summed E-state index contributed by atoms with van der Waals surface area (Å²) in [6.07, 6.45) is 0. The first-order valence-corrected chi connectivity index (χ1v) is 6.90. The van der Waals surface area contributed by atoms with Gasteiger partial charge in [0.2, 0.25) is 0 Å². The number of hydrogen-bond acceptors (Lipinski definition) is 1. The highest BCUT2D eigenvalue weighted by Crippen LogP contribution is 2.69. The van der Waals surface area contributed by atoms with Crippen LogP contribution in [0.15, 0.2) is 30.3 Å². The summed E-state index contributed by atoms with van der Waals surface area (Å²) in [5.41, 5.74) is -6.70. The standard InChI is InChI=1S/C14H8F11NO/c15-9(8(27)26-6-7-4-2-1-3-5-7)10(16,17)12(20,21)14(24,25)13(22,23)11(9,18)19/h1-5H,6H2,(H,26,27). The quantitative estimate of drug-likeness (QED) is 0.737. The highest BCUT2D eigenvalue weighted by atomic mass is 19.4. The maximum atomic E-state index is 14.4. The molecule has 2 nitrogen and oxygen atoms in total. The molecule has 152 valence electrons. The van der Waals surface area contributed by atoms with Crippen LogP contribution in [0.1, 0.15) is 5.56 Å². The van der Waals surface area contributed by atoms with Crippen LogP contribution in [0.2, 0.25) is 0 Å². The van der Waals surface area contributed by atoms with Crippen molar-refractivity contribution in [2.24, 2.45) is 0 Å². The molecule has 2 rings (SSSR count). The van der Waals surface area contributed by atoms with E-state index < -0.39 is 47.7 Å². The third kappa shape index (κ3) is 2.29. The third-order valence-electron chi connectivity index (χ3n) is 4.05. The van der Waals surface area contributed by atoms with E-state index in [0.717, 1.165) is 17.4 Å². The van der Waals surface area contributed by atoms with Gasteiger partial charge < -0.3 is 5.32 Å². The lowest BCUT2D eigenvalue weighted by molar-refractivity contribution is -0.476. The number of benzene rings is 1. The van der Waals surface area contributed by atoms with E-state index >= 15 is 0 Å². The highest BCUT2D eigenvalue weighted by Gasteiger charge is 3.02. The van der Waals surface area contributed by atoms with Crippen LogP contribution in [0.5, 0.6) is 0 Å². The Morgan fingerprint density at radius 3 is 1.44 bits per heavy atom. The maximum Gasteiger partial charge on any atom is 0.384 e. The van der Waals surface area contributed by atoms with Gasteiger partial charge in [-0.2, -0.15) is 43.9 Å². The molecule has 27 heavy (non-hydrogen) atoms. The zero-order valence-electron chi connectivity index (χ0n) is 12.7. The molecule has 0 unspecified atom stereocenters. The Morgan fingerprint density at radius 2 is 1.04 bits per heavy atom. The van der Waals surface area contributed by atoms with Gasteiger partial charge in [0.1, 0.15) is 0 Å². The van der Waals surface area contributed by atoms with Crippen LogP contribution in [-0.4, -0.2) is 41.2 Å². The molecular weight excluding hydrogens is 407 g/mol. The molecule has 1 aliphatic carbocycles. The fraction of sp³-hybridized carbons (Fsp3) is 0.500. The number of amides is 1. The van der Waals surface area contributed by atoms with Gasteiger partial charge in [-0.3, -0.25) is 4.79 Å². The Balaban J connectivity index is 2.55. The Bertz CT molecular complexity index is 702. The van der Waals surface area contributed by atoms with E-state index in [1.54, 1.807) is 0 Å². The van der Waals surface area contributed by atoms with Crippen molar-refractivity contribution < 1.29 is 53.1 Å².